The van der Waals surface area contributed by atoms with Crippen LogP contribution in [0.3, 0.4) is 0 Å². The molecule has 0 aliphatic rings. The molecule has 0 atom stereocenters. The lowest BCUT2D eigenvalue weighted by Crippen LogP contribution is -2.04. The molecule has 0 fully saturated rings. The predicted molar refractivity (Wildman–Crippen MR) is 80.8 cm³/mol. The highest BCUT2D eigenvalue weighted by Crippen LogP contribution is 2.48. The molecular formula is C15H21O4P. The van der Waals surface area contributed by atoms with Crippen LogP contribution in [0.15, 0.2) is 36.4 Å². The Labute approximate surface area is 120 Å². The van der Waals surface area contributed by atoms with Crippen molar-refractivity contribution in [3.8, 4) is 0 Å². The van der Waals surface area contributed by atoms with Crippen molar-refractivity contribution in [2.24, 2.45) is 0 Å². The average Bonchev–Trinajstić information content (AvgIpc) is 2.45. The van der Waals surface area contributed by atoms with Gasteiger partial charge in [-0.05, 0) is 25.5 Å². The monoisotopic (exact) mass is 296 g/mol. The van der Waals surface area contributed by atoms with E-state index in [1.165, 1.54) is 6.08 Å². The van der Waals surface area contributed by atoms with Crippen molar-refractivity contribution < 1.29 is 18.4 Å². The van der Waals surface area contributed by atoms with Crippen LogP contribution < -0.4 is 0 Å². The van der Waals surface area contributed by atoms with Gasteiger partial charge in [0.2, 0.25) is 0 Å². The first-order chi connectivity index (χ1) is 9.59. The minimum absolute atomic E-state index is 0.0894. The van der Waals surface area contributed by atoms with Crippen molar-refractivity contribution in [3.63, 3.8) is 0 Å². The Morgan fingerprint density at radius 2 is 1.75 bits per heavy atom. The molecular weight excluding hydrogens is 275 g/mol. The maximum absolute atomic E-state index is 12.2. The molecule has 0 unspecified atom stereocenters. The molecule has 0 heterocycles. The fourth-order valence-electron chi connectivity index (χ4n) is 1.64. The summed E-state index contributed by atoms with van der Waals surface area (Å²) in [6.07, 6.45) is 3.51. The van der Waals surface area contributed by atoms with Gasteiger partial charge in [0.15, 0.2) is 5.78 Å². The van der Waals surface area contributed by atoms with Gasteiger partial charge < -0.3 is 9.05 Å². The fraction of sp³-hybridized carbons (Fsp3) is 0.400. The second-order valence-electron chi connectivity index (χ2n) is 4.13. The van der Waals surface area contributed by atoms with Crippen molar-refractivity contribution in [3.05, 3.63) is 42.0 Å². The lowest BCUT2D eigenvalue weighted by Gasteiger charge is -2.15. The molecule has 0 N–H and O–H groups in total. The molecule has 0 bridgehead atoms. The number of allylic oxidation sites excluding steroid dienone is 1. The topological polar surface area (TPSA) is 52.6 Å². The van der Waals surface area contributed by atoms with Crippen molar-refractivity contribution in [2.45, 2.75) is 20.3 Å². The second kappa shape index (κ2) is 8.85. The zero-order chi connectivity index (χ0) is 14.8. The van der Waals surface area contributed by atoms with Crippen molar-refractivity contribution in [1.29, 1.82) is 0 Å². The zero-order valence-corrected chi connectivity index (χ0v) is 12.8. The molecule has 5 heteroatoms. The van der Waals surface area contributed by atoms with E-state index in [4.69, 9.17) is 9.05 Å². The van der Waals surface area contributed by atoms with Crippen molar-refractivity contribution in [1.82, 2.24) is 0 Å². The van der Waals surface area contributed by atoms with E-state index in [0.29, 0.717) is 13.2 Å². The van der Waals surface area contributed by atoms with Crippen LogP contribution in [0.4, 0.5) is 0 Å². The second-order valence-corrected chi connectivity index (χ2v) is 6.32. The summed E-state index contributed by atoms with van der Waals surface area (Å²) in [5, 5.41) is 0. The third-order valence-corrected chi connectivity index (χ3v) is 4.62. The maximum atomic E-state index is 12.2. The van der Waals surface area contributed by atoms with E-state index in [1.54, 1.807) is 19.9 Å². The highest BCUT2D eigenvalue weighted by molar-refractivity contribution is 7.53. The zero-order valence-electron chi connectivity index (χ0n) is 12.0. The minimum Gasteiger partial charge on any atom is -0.309 e. The number of carbonyl (C=O) groups is 1. The van der Waals surface area contributed by atoms with E-state index < -0.39 is 7.60 Å². The van der Waals surface area contributed by atoms with Crippen LogP contribution in [0, 0.1) is 0 Å². The summed E-state index contributed by atoms with van der Waals surface area (Å²) in [7, 11) is -3.12. The Hall–Kier alpha value is -1.22. The molecule has 0 spiro atoms. The number of rotatable bonds is 9. The Kier molecular flexibility index (Phi) is 7.45. The van der Waals surface area contributed by atoms with Gasteiger partial charge in [-0.25, -0.2) is 0 Å². The molecule has 0 amide bonds. The first-order valence-corrected chi connectivity index (χ1v) is 8.46. The highest BCUT2D eigenvalue weighted by Gasteiger charge is 2.23. The van der Waals surface area contributed by atoms with Gasteiger partial charge in [0, 0.05) is 6.42 Å². The normalized spacial score (nSPS) is 11.9. The number of benzene rings is 1. The van der Waals surface area contributed by atoms with Crippen molar-refractivity contribution >= 4 is 19.5 Å². The molecule has 0 saturated carbocycles. The Balaban J connectivity index is 2.50. The van der Waals surface area contributed by atoms with Gasteiger partial charge in [-0.3, -0.25) is 9.36 Å². The number of hydrogen-bond acceptors (Lipinski definition) is 4. The van der Waals surface area contributed by atoms with E-state index in [2.05, 4.69) is 0 Å². The maximum Gasteiger partial charge on any atom is 0.331 e. The largest absolute Gasteiger partial charge is 0.331 e. The van der Waals surface area contributed by atoms with Crippen LogP contribution in [-0.2, 0) is 18.4 Å². The van der Waals surface area contributed by atoms with Crippen LogP contribution >= 0.6 is 7.60 Å². The molecule has 0 aliphatic heterocycles. The smallest absolute Gasteiger partial charge is 0.309 e. The third kappa shape index (κ3) is 6.29. The molecule has 0 aliphatic carbocycles. The fourth-order valence-corrected chi connectivity index (χ4v) is 3.26. The Morgan fingerprint density at radius 1 is 1.15 bits per heavy atom. The van der Waals surface area contributed by atoms with Crippen LogP contribution in [0.1, 0.15) is 25.8 Å². The minimum atomic E-state index is -3.12. The van der Waals surface area contributed by atoms with Gasteiger partial charge in [0.25, 0.3) is 0 Å². The van der Waals surface area contributed by atoms with Gasteiger partial charge in [-0.2, -0.15) is 0 Å². The molecule has 0 aromatic heterocycles. The third-order valence-electron chi connectivity index (χ3n) is 2.54. The SMILES string of the molecule is CCOP(=O)(CCC(=O)/C=C/c1ccccc1)OCC. The first kappa shape index (κ1) is 16.8. The van der Waals surface area contributed by atoms with Crippen LogP contribution in [-0.4, -0.2) is 25.2 Å². The Morgan fingerprint density at radius 3 is 2.30 bits per heavy atom. The highest BCUT2D eigenvalue weighted by atomic mass is 31.2. The predicted octanol–water partition coefficient (Wildman–Crippen LogP) is 3.93. The van der Waals surface area contributed by atoms with Gasteiger partial charge >= 0.3 is 7.60 Å². The number of ketones is 1. The van der Waals surface area contributed by atoms with Gasteiger partial charge in [0.05, 0.1) is 19.4 Å². The number of hydrogen-bond donors (Lipinski definition) is 0. The summed E-state index contributed by atoms with van der Waals surface area (Å²) < 4.78 is 22.5. The number of carbonyl (C=O) groups excluding carboxylic acids is 1. The molecule has 20 heavy (non-hydrogen) atoms. The molecule has 1 aromatic rings. The van der Waals surface area contributed by atoms with Crippen LogP contribution in [0.5, 0.6) is 0 Å². The van der Waals surface area contributed by atoms with Gasteiger partial charge in [-0.1, -0.05) is 36.4 Å². The lowest BCUT2D eigenvalue weighted by atomic mass is 10.2. The average molecular weight is 296 g/mol. The summed E-state index contributed by atoms with van der Waals surface area (Å²) in [5.74, 6) is -0.0894. The molecule has 110 valence electrons. The summed E-state index contributed by atoms with van der Waals surface area (Å²) in [6.45, 7) is 4.13. The van der Waals surface area contributed by atoms with Crippen LogP contribution in [0.2, 0.25) is 0 Å². The van der Waals surface area contributed by atoms with Gasteiger partial charge in [0.1, 0.15) is 0 Å². The summed E-state index contributed by atoms with van der Waals surface area (Å²) in [6, 6.07) is 9.55. The standard InChI is InChI=1S/C15H21O4P/c1-3-18-20(17,19-4-2)13-12-15(16)11-10-14-8-6-5-7-9-14/h5-11H,3-4,12-13H2,1-2H3/b11-10+. The molecule has 1 aromatic carbocycles. The van der Waals surface area contributed by atoms with E-state index in [1.807, 2.05) is 30.3 Å². The lowest BCUT2D eigenvalue weighted by molar-refractivity contribution is -0.114. The first-order valence-electron chi connectivity index (χ1n) is 6.73. The van der Waals surface area contributed by atoms with E-state index in [0.717, 1.165) is 5.56 Å². The Bertz CT molecular complexity index is 472. The van der Waals surface area contributed by atoms with Gasteiger partial charge in [-0.15, -0.1) is 0 Å². The molecule has 4 nitrogen and oxygen atoms in total. The molecule has 0 saturated heterocycles. The van der Waals surface area contributed by atoms with E-state index >= 15 is 0 Å². The van der Waals surface area contributed by atoms with E-state index in [-0.39, 0.29) is 18.4 Å². The molecule has 1 rings (SSSR count). The van der Waals surface area contributed by atoms with Crippen molar-refractivity contribution in [2.75, 3.05) is 19.4 Å². The summed E-state index contributed by atoms with van der Waals surface area (Å²) >= 11 is 0. The van der Waals surface area contributed by atoms with Crippen LogP contribution in [0.25, 0.3) is 6.08 Å². The van der Waals surface area contributed by atoms with E-state index in [9.17, 15) is 9.36 Å². The quantitative estimate of drug-likeness (QED) is 0.512. The summed E-state index contributed by atoms with van der Waals surface area (Å²) in [4.78, 5) is 11.8. The summed E-state index contributed by atoms with van der Waals surface area (Å²) in [5.41, 5.74) is 0.957. The molecule has 0 radical (unpaired) electrons.